The highest BCUT2D eigenvalue weighted by Crippen LogP contribution is 2.52. The number of rotatable bonds is 9. The molecule has 1 unspecified atom stereocenters. The van der Waals surface area contributed by atoms with Crippen molar-refractivity contribution in [3.8, 4) is 16.8 Å². The Morgan fingerprint density at radius 2 is 1.42 bits per heavy atom. The van der Waals surface area contributed by atoms with Crippen LogP contribution in [0.2, 0.25) is 5.82 Å². The summed E-state index contributed by atoms with van der Waals surface area (Å²) in [6.07, 6.45) is 0.377. The highest BCUT2D eigenvalue weighted by molar-refractivity contribution is 8.01. The van der Waals surface area contributed by atoms with E-state index in [1.165, 1.54) is 39.5 Å². The summed E-state index contributed by atoms with van der Waals surface area (Å²) < 4.78 is 4.75. The van der Waals surface area contributed by atoms with Crippen molar-refractivity contribution in [3.63, 3.8) is 0 Å². The first-order chi connectivity index (χ1) is 17.9. The Hall–Kier alpha value is -1.70. The molecule has 2 nitrogen and oxygen atoms in total. The molecule has 0 N–H and O–H groups in total. The van der Waals surface area contributed by atoms with Crippen LogP contribution in [0.3, 0.4) is 0 Å². The Bertz CT molecular complexity index is 1250. The predicted octanol–water partition coefficient (Wildman–Crippen LogP) is 2.66. The SMILES string of the molecule is [B]B([B])B([B])B(B([B])[B])B1C(c2n(C)c(C)c[n+]2-c2c(C(C)C)cc(-c3ccccc3)cc2C(C)C)[C@@H]1C. The first kappa shape index (κ1) is 29.3. The molecule has 1 aromatic heterocycles. The molecule has 0 saturated carbocycles. The maximum atomic E-state index is 6.47. The van der Waals surface area contributed by atoms with Gasteiger partial charge in [-0.1, -0.05) is 70.8 Å². The average Bonchev–Trinajstić information content (AvgIpc) is 3.40. The summed E-state index contributed by atoms with van der Waals surface area (Å²) in [6, 6.07) is 15.4. The quantitative estimate of drug-likeness (QED) is 0.328. The Kier molecular flexibility index (Phi) is 8.80. The van der Waals surface area contributed by atoms with Gasteiger partial charge in [0.05, 0.1) is 7.05 Å². The zero-order valence-electron chi connectivity index (χ0n) is 24.1. The Morgan fingerprint density at radius 1 is 0.868 bits per heavy atom. The fourth-order valence-electron chi connectivity index (χ4n) is 6.40. The van der Waals surface area contributed by atoms with Crippen molar-refractivity contribution in [2.24, 2.45) is 7.05 Å². The minimum Gasteiger partial charge on any atom is -0.234 e. The second kappa shape index (κ2) is 11.4. The fraction of sp³-hybridized carbons (Fsp3) is 0.423. The lowest BCUT2D eigenvalue weighted by Crippen LogP contribution is -2.64. The molecule has 1 saturated heterocycles. The van der Waals surface area contributed by atoms with Gasteiger partial charge in [0.25, 0.3) is 5.82 Å². The van der Waals surface area contributed by atoms with E-state index in [-0.39, 0.29) is 18.8 Å². The van der Waals surface area contributed by atoms with Crippen molar-refractivity contribution < 1.29 is 4.57 Å². The second-order valence-electron chi connectivity index (χ2n) is 12.0. The molecule has 1 fully saturated rings. The van der Waals surface area contributed by atoms with Gasteiger partial charge in [0.2, 0.25) is 0 Å². The smallest absolute Gasteiger partial charge is 0.234 e. The standard InChI is InChI=1S/C26H33B10N2/c1-16(2)22-13-21(20-11-9-8-10-12-20)14-23(17(3)4)25(22)38-15-18(5)37(7)26(38)24-19(6)32(24)36(34(29)30)35(31)33(27)28/h8-17,19,24H,1-7H3/q+1/t19-,24?/m0/s1. The number of aryl methyl sites for hydroxylation is 1. The summed E-state index contributed by atoms with van der Waals surface area (Å²) in [5, 5.41) is 0. The van der Waals surface area contributed by atoms with Gasteiger partial charge in [0, 0.05) is 88.1 Å². The largest absolute Gasteiger partial charge is 0.256 e. The molecule has 176 valence electrons. The van der Waals surface area contributed by atoms with Gasteiger partial charge in [0.1, 0.15) is 24.2 Å². The van der Waals surface area contributed by atoms with Crippen molar-refractivity contribution in [3.05, 3.63) is 71.3 Å². The predicted molar refractivity (Wildman–Crippen MR) is 175 cm³/mol. The summed E-state index contributed by atoms with van der Waals surface area (Å²) in [7, 11) is 33.2. The van der Waals surface area contributed by atoms with Crippen LogP contribution in [0.15, 0.2) is 48.7 Å². The molecule has 0 amide bonds. The molecule has 0 aliphatic carbocycles. The lowest BCUT2D eigenvalue weighted by Gasteiger charge is -2.25. The highest BCUT2D eigenvalue weighted by atomic mass is 15.2. The van der Waals surface area contributed by atoms with Gasteiger partial charge in [-0.2, -0.15) is 4.57 Å². The third-order valence-electron chi connectivity index (χ3n) is 8.72. The van der Waals surface area contributed by atoms with Gasteiger partial charge in [-0.25, -0.2) is 4.57 Å². The van der Waals surface area contributed by atoms with E-state index in [9.17, 15) is 0 Å². The van der Waals surface area contributed by atoms with Gasteiger partial charge in [-0.15, -0.1) is 0 Å². The number of nitrogens with zero attached hydrogens (tertiary/aromatic N) is 2. The number of benzene rings is 2. The number of hydrogen-bond acceptors (Lipinski definition) is 0. The molecule has 2 aromatic carbocycles. The number of imidazole rings is 1. The number of hydrogen-bond donors (Lipinski definition) is 0. The second-order valence-corrected chi connectivity index (χ2v) is 12.0. The summed E-state index contributed by atoms with van der Waals surface area (Å²) >= 11 is 0. The lowest BCUT2D eigenvalue weighted by atomic mass is 8.57. The average molecular weight is 482 g/mol. The van der Waals surface area contributed by atoms with Crippen LogP contribution in [0, 0.1) is 6.92 Å². The van der Waals surface area contributed by atoms with Gasteiger partial charge in [-0.3, -0.25) is 0 Å². The third-order valence-corrected chi connectivity index (χ3v) is 8.72. The zero-order chi connectivity index (χ0) is 28.0. The maximum absolute atomic E-state index is 6.47. The van der Waals surface area contributed by atoms with E-state index in [1.807, 2.05) is 0 Å². The molecule has 0 bridgehead atoms. The zero-order valence-corrected chi connectivity index (χ0v) is 24.1. The summed E-state index contributed by atoms with van der Waals surface area (Å²) in [5.74, 6) is 2.53. The van der Waals surface area contributed by atoms with E-state index >= 15 is 0 Å². The topological polar surface area (TPSA) is 8.81 Å². The van der Waals surface area contributed by atoms with Gasteiger partial charge in [-0.05, 0) is 35.1 Å². The van der Waals surface area contributed by atoms with Crippen LogP contribution >= 0.6 is 0 Å². The Labute approximate surface area is 239 Å². The van der Waals surface area contributed by atoms with Crippen LogP contribution in [-0.4, -0.2) is 75.4 Å². The molecule has 0 spiro atoms. The molecule has 12 heteroatoms. The molecule has 2 atom stereocenters. The molecule has 4 rings (SSSR count). The van der Waals surface area contributed by atoms with Gasteiger partial charge in [0.15, 0.2) is 0 Å². The van der Waals surface area contributed by atoms with E-state index < -0.39 is 19.2 Å². The Balaban J connectivity index is 1.92. The van der Waals surface area contributed by atoms with Crippen LogP contribution in [-0.2, 0) is 7.05 Å². The maximum Gasteiger partial charge on any atom is 0.256 e. The van der Waals surface area contributed by atoms with Gasteiger partial charge >= 0.3 is 0 Å². The summed E-state index contributed by atoms with van der Waals surface area (Å²) in [4.78, 5) is 0. The van der Waals surface area contributed by atoms with Crippen molar-refractivity contribution in [2.45, 2.75) is 65.0 Å². The monoisotopic (exact) mass is 483 g/mol. The molecular formula is C26H33B10N2+. The van der Waals surface area contributed by atoms with Crippen molar-refractivity contribution in [1.29, 1.82) is 0 Å². The molecule has 10 radical (unpaired) electrons. The number of aromatic nitrogens is 2. The first-order valence-electron chi connectivity index (χ1n) is 14.0. The van der Waals surface area contributed by atoms with Crippen molar-refractivity contribution >= 4 is 70.8 Å². The van der Waals surface area contributed by atoms with E-state index in [1.54, 1.807) is 0 Å². The Morgan fingerprint density at radius 3 is 1.89 bits per heavy atom. The minimum absolute atomic E-state index is 0.173. The van der Waals surface area contributed by atoms with Gasteiger partial charge < -0.3 is 0 Å². The molecule has 2 heterocycles. The van der Waals surface area contributed by atoms with Crippen LogP contribution in [0.25, 0.3) is 16.8 Å². The normalized spacial score (nSPS) is 16.7. The van der Waals surface area contributed by atoms with Crippen LogP contribution in [0.4, 0.5) is 0 Å². The molecule has 1 aliphatic rings. The molecule has 3 aromatic rings. The highest BCUT2D eigenvalue weighted by Gasteiger charge is 2.61. The van der Waals surface area contributed by atoms with Crippen LogP contribution < -0.4 is 4.57 Å². The van der Waals surface area contributed by atoms with Crippen molar-refractivity contribution in [1.82, 2.24) is 4.57 Å². The lowest BCUT2D eigenvalue weighted by molar-refractivity contribution is -0.605. The molecule has 1 aliphatic heterocycles. The molecular weight excluding hydrogens is 448 g/mol. The van der Waals surface area contributed by atoms with Crippen LogP contribution in [0.1, 0.15) is 74.9 Å². The minimum atomic E-state index is -0.670. The van der Waals surface area contributed by atoms with Crippen molar-refractivity contribution in [2.75, 3.05) is 0 Å². The summed E-state index contributed by atoms with van der Waals surface area (Å²) in [5.41, 5.74) is 7.64. The van der Waals surface area contributed by atoms with Crippen LogP contribution in [0.5, 0.6) is 0 Å². The summed E-state index contributed by atoms with van der Waals surface area (Å²) in [6.45, 7) is 13.7. The van der Waals surface area contributed by atoms with E-state index in [0.717, 1.165) is 0 Å². The van der Waals surface area contributed by atoms with E-state index in [0.29, 0.717) is 17.7 Å². The third kappa shape index (κ3) is 5.35. The molecule has 38 heavy (non-hydrogen) atoms. The van der Waals surface area contributed by atoms with E-state index in [2.05, 4.69) is 106 Å². The van der Waals surface area contributed by atoms with E-state index in [4.69, 9.17) is 38.7 Å². The fourth-order valence-corrected chi connectivity index (χ4v) is 6.40. The first-order valence-corrected chi connectivity index (χ1v) is 14.0.